The van der Waals surface area contributed by atoms with Crippen molar-refractivity contribution in [2.45, 2.75) is 6.18 Å². The molecule has 0 aliphatic carbocycles. The van der Waals surface area contributed by atoms with E-state index in [0.717, 1.165) is 22.4 Å². The molecular weight excluding hydrogens is 315 g/mol. The number of rotatable bonds is 2. The fraction of sp³-hybridized carbons (Fsp3) is 0.385. The second-order valence-electron chi connectivity index (χ2n) is 4.93. The molecule has 5 nitrogen and oxygen atoms in total. The van der Waals surface area contributed by atoms with Gasteiger partial charge in [0.05, 0.1) is 11.9 Å². The Kier molecular flexibility index (Phi) is 3.81. The van der Waals surface area contributed by atoms with Gasteiger partial charge in [-0.05, 0) is 12.1 Å². The Bertz CT molecular complexity index is 632. The molecule has 1 aliphatic heterocycles. The summed E-state index contributed by atoms with van der Waals surface area (Å²) in [5.74, 6) is 0.463. The molecule has 1 saturated heterocycles. The molecule has 0 radical (unpaired) electrons. The molecule has 0 saturated carbocycles. The molecule has 0 unspecified atom stereocenters. The average Bonchev–Trinajstić information content (AvgIpc) is 2.98. The number of piperazine rings is 1. The summed E-state index contributed by atoms with van der Waals surface area (Å²) in [6, 6.07) is 3.63. The summed E-state index contributed by atoms with van der Waals surface area (Å²) in [4.78, 5) is 11.7. The molecule has 22 heavy (non-hydrogen) atoms. The normalized spacial score (nSPS) is 16.1. The minimum Gasteiger partial charge on any atom is -0.384 e. The van der Waals surface area contributed by atoms with Gasteiger partial charge in [0.15, 0.2) is 10.8 Å². The molecule has 0 bridgehead atoms. The highest BCUT2D eigenvalue weighted by molar-refractivity contribution is 7.13. The maximum absolute atomic E-state index is 12.6. The fourth-order valence-corrected chi connectivity index (χ4v) is 3.17. The molecule has 0 spiro atoms. The SMILES string of the molecule is Nc1ccc(N2CCN(c3nc(C(F)(F)F)cs3)CC2)cn1. The summed E-state index contributed by atoms with van der Waals surface area (Å²) in [7, 11) is 0. The lowest BCUT2D eigenvalue weighted by molar-refractivity contribution is -0.140. The number of hydrogen-bond donors (Lipinski definition) is 1. The Hall–Kier alpha value is -2.03. The van der Waals surface area contributed by atoms with Gasteiger partial charge < -0.3 is 15.5 Å². The number of aromatic nitrogens is 2. The van der Waals surface area contributed by atoms with Gasteiger partial charge in [-0.25, -0.2) is 9.97 Å². The smallest absolute Gasteiger partial charge is 0.384 e. The van der Waals surface area contributed by atoms with Crippen molar-refractivity contribution in [1.82, 2.24) is 9.97 Å². The van der Waals surface area contributed by atoms with Gasteiger partial charge in [-0.1, -0.05) is 0 Å². The third kappa shape index (κ3) is 3.08. The van der Waals surface area contributed by atoms with E-state index in [4.69, 9.17) is 5.73 Å². The van der Waals surface area contributed by atoms with Crippen LogP contribution < -0.4 is 15.5 Å². The predicted octanol–water partition coefficient (Wildman–Crippen LogP) is 2.47. The highest BCUT2D eigenvalue weighted by atomic mass is 32.1. The summed E-state index contributed by atoms with van der Waals surface area (Å²) in [5.41, 5.74) is 5.70. The summed E-state index contributed by atoms with van der Waals surface area (Å²) in [6.45, 7) is 2.64. The Morgan fingerprint density at radius 1 is 1.09 bits per heavy atom. The first-order valence-corrected chi connectivity index (χ1v) is 7.55. The van der Waals surface area contributed by atoms with Crippen LogP contribution in [-0.4, -0.2) is 36.1 Å². The van der Waals surface area contributed by atoms with Crippen molar-refractivity contribution >= 4 is 28.0 Å². The molecular formula is C13H14F3N5S. The molecule has 0 amide bonds. The Morgan fingerprint density at radius 2 is 1.77 bits per heavy atom. The number of thiazole rings is 1. The van der Waals surface area contributed by atoms with Crippen LogP contribution in [0.15, 0.2) is 23.7 Å². The molecule has 2 N–H and O–H groups in total. The number of nitrogen functional groups attached to an aromatic ring is 1. The summed E-state index contributed by atoms with van der Waals surface area (Å²) >= 11 is 1.03. The topological polar surface area (TPSA) is 58.3 Å². The number of nitrogens with two attached hydrogens (primary N) is 1. The van der Waals surface area contributed by atoms with E-state index < -0.39 is 11.9 Å². The van der Waals surface area contributed by atoms with E-state index in [1.54, 1.807) is 12.3 Å². The zero-order valence-electron chi connectivity index (χ0n) is 11.5. The van der Waals surface area contributed by atoms with Crippen LogP contribution >= 0.6 is 11.3 Å². The van der Waals surface area contributed by atoms with E-state index in [1.165, 1.54) is 0 Å². The van der Waals surface area contributed by atoms with Gasteiger partial charge in [0.2, 0.25) is 0 Å². The highest BCUT2D eigenvalue weighted by Gasteiger charge is 2.34. The van der Waals surface area contributed by atoms with Gasteiger partial charge in [-0.2, -0.15) is 13.2 Å². The summed E-state index contributed by atoms with van der Waals surface area (Å²) < 4.78 is 37.8. The van der Waals surface area contributed by atoms with Crippen LogP contribution in [0.4, 0.5) is 29.8 Å². The number of halogens is 3. The molecule has 2 aromatic heterocycles. The largest absolute Gasteiger partial charge is 0.434 e. The van der Waals surface area contributed by atoms with Gasteiger partial charge in [-0.3, -0.25) is 0 Å². The van der Waals surface area contributed by atoms with Crippen molar-refractivity contribution in [3.05, 3.63) is 29.4 Å². The van der Waals surface area contributed by atoms with Crippen LogP contribution in [0.3, 0.4) is 0 Å². The molecule has 1 fully saturated rings. The number of hydrogen-bond acceptors (Lipinski definition) is 6. The first kappa shape index (κ1) is 14.9. The van der Waals surface area contributed by atoms with Gasteiger partial charge in [0.25, 0.3) is 0 Å². The molecule has 3 heterocycles. The standard InChI is InChI=1S/C13H14F3N5S/c14-13(15,16)10-8-22-12(19-10)21-5-3-20(4-6-21)9-1-2-11(17)18-7-9/h1-2,7-8H,3-6H2,(H2,17,18). The molecule has 1 aliphatic rings. The zero-order chi connectivity index (χ0) is 15.7. The highest BCUT2D eigenvalue weighted by Crippen LogP contribution is 2.33. The fourth-order valence-electron chi connectivity index (χ4n) is 2.28. The molecule has 118 valence electrons. The Balaban J connectivity index is 1.64. The van der Waals surface area contributed by atoms with Crippen molar-refractivity contribution in [2.24, 2.45) is 0 Å². The average molecular weight is 329 g/mol. The lowest BCUT2D eigenvalue weighted by atomic mass is 10.3. The van der Waals surface area contributed by atoms with E-state index in [-0.39, 0.29) is 0 Å². The van der Waals surface area contributed by atoms with Crippen molar-refractivity contribution in [3.63, 3.8) is 0 Å². The minimum atomic E-state index is -4.38. The molecule has 0 atom stereocenters. The van der Waals surface area contributed by atoms with Gasteiger partial charge in [0, 0.05) is 31.6 Å². The maximum Gasteiger partial charge on any atom is 0.434 e. The van der Waals surface area contributed by atoms with Gasteiger partial charge in [-0.15, -0.1) is 11.3 Å². The van der Waals surface area contributed by atoms with Crippen LogP contribution in [-0.2, 0) is 6.18 Å². The van der Waals surface area contributed by atoms with Crippen LogP contribution in [0.1, 0.15) is 5.69 Å². The number of alkyl halides is 3. The van der Waals surface area contributed by atoms with Crippen LogP contribution in [0.5, 0.6) is 0 Å². The minimum absolute atomic E-state index is 0.419. The number of nitrogens with zero attached hydrogens (tertiary/aromatic N) is 4. The number of anilines is 3. The van der Waals surface area contributed by atoms with Crippen LogP contribution in [0, 0.1) is 0 Å². The lowest BCUT2D eigenvalue weighted by Crippen LogP contribution is -2.46. The van der Waals surface area contributed by atoms with Crippen LogP contribution in [0.25, 0.3) is 0 Å². The van der Waals surface area contributed by atoms with Crippen molar-refractivity contribution in [3.8, 4) is 0 Å². The second kappa shape index (κ2) is 5.64. The van der Waals surface area contributed by atoms with Crippen molar-refractivity contribution < 1.29 is 13.2 Å². The Labute approximate surface area is 129 Å². The van der Waals surface area contributed by atoms with E-state index >= 15 is 0 Å². The third-order valence-corrected chi connectivity index (χ3v) is 4.37. The third-order valence-electron chi connectivity index (χ3n) is 3.47. The first-order valence-electron chi connectivity index (χ1n) is 6.67. The van der Waals surface area contributed by atoms with E-state index in [0.29, 0.717) is 37.1 Å². The molecule has 9 heteroatoms. The first-order chi connectivity index (χ1) is 10.4. The summed E-state index contributed by atoms with van der Waals surface area (Å²) in [5, 5.41) is 1.48. The lowest BCUT2D eigenvalue weighted by Gasteiger charge is -2.35. The molecule has 3 rings (SSSR count). The second-order valence-corrected chi connectivity index (χ2v) is 5.76. The van der Waals surface area contributed by atoms with Gasteiger partial charge >= 0.3 is 6.18 Å². The number of pyridine rings is 1. The quantitative estimate of drug-likeness (QED) is 0.917. The molecule has 0 aromatic carbocycles. The van der Waals surface area contributed by atoms with Crippen LogP contribution in [0.2, 0.25) is 0 Å². The van der Waals surface area contributed by atoms with Crippen molar-refractivity contribution in [1.29, 1.82) is 0 Å². The Morgan fingerprint density at radius 3 is 2.32 bits per heavy atom. The van der Waals surface area contributed by atoms with E-state index in [9.17, 15) is 13.2 Å². The molecule has 2 aromatic rings. The van der Waals surface area contributed by atoms with Gasteiger partial charge in [0.1, 0.15) is 5.82 Å². The van der Waals surface area contributed by atoms with Crippen molar-refractivity contribution in [2.75, 3.05) is 41.7 Å². The van der Waals surface area contributed by atoms with E-state index in [1.807, 2.05) is 11.0 Å². The zero-order valence-corrected chi connectivity index (χ0v) is 12.4. The maximum atomic E-state index is 12.6. The predicted molar refractivity (Wildman–Crippen MR) is 80.2 cm³/mol. The monoisotopic (exact) mass is 329 g/mol. The summed E-state index contributed by atoms with van der Waals surface area (Å²) in [6.07, 6.45) is -2.68. The van der Waals surface area contributed by atoms with E-state index in [2.05, 4.69) is 14.9 Å².